The molecule has 23 heavy (non-hydrogen) atoms. The summed E-state index contributed by atoms with van der Waals surface area (Å²) >= 11 is 5.89. The Hall–Kier alpha value is -2.07. The van der Waals surface area contributed by atoms with Gasteiger partial charge in [-0.25, -0.2) is 4.39 Å². The third kappa shape index (κ3) is 4.96. The molecule has 2 aromatic carbocycles. The lowest BCUT2D eigenvalue weighted by Gasteiger charge is -2.10. The molecule has 0 unspecified atom stereocenters. The van der Waals surface area contributed by atoms with Crippen molar-refractivity contribution >= 4 is 28.9 Å². The van der Waals surface area contributed by atoms with Gasteiger partial charge in [0, 0.05) is 17.9 Å². The molecule has 0 radical (unpaired) electrons. The molecule has 1 amide bonds. The number of anilines is 2. The van der Waals surface area contributed by atoms with Crippen LogP contribution in [0.15, 0.2) is 42.5 Å². The van der Waals surface area contributed by atoms with E-state index in [-0.39, 0.29) is 10.6 Å². The first kappa shape index (κ1) is 17.3. The summed E-state index contributed by atoms with van der Waals surface area (Å²) in [6.45, 7) is 5.25. The number of hydrogen-bond acceptors (Lipinski definition) is 2. The highest BCUT2D eigenvalue weighted by Gasteiger charge is 2.15. The molecular formula is C18H20ClFN2O. The maximum Gasteiger partial charge on any atom is 0.260 e. The molecular weight excluding hydrogens is 315 g/mol. The third-order valence-corrected chi connectivity index (χ3v) is 3.70. The zero-order valence-corrected chi connectivity index (χ0v) is 14.0. The van der Waals surface area contributed by atoms with E-state index in [0.717, 1.165) is 18.7 Å². The summed E-state index contributed by atoms with van der Waals surface area (Å²) in [5.74, 6) is -0.554. The van der Waals surface area contributed by atoms with Crippen molar-refractivity contribution in [3.05, 3.63) is 58.9 Å². The van der Waals surface area contributed by atoms with Gasteiger partial charge in [0.2, 0.25) is 0 Å². The second-order valence-corrected chi connectivity index (χ2v) is 6.14. The van der Waals surface area contributed by atoms with Crippen LogP contribution in [0.4, 0.5) is 15.8 Å². The molecule has 2 rings (SSSR count). The molecule has 2 N–H and O–H groups in total. The molecule has 0 atom stereocenters. The fourth-order valence-electron chi connectivity index (χ4n) is 2.08. The molecule has 0 bridgehead atoms. The van der Waals surface area contributed by atoms with Gasteiger partial charge >= 0.3 is 0 Å². The van der Waals surface area contributed by atoms with E-state index in [1.807, 2.05) is 12.1 Å². The fourth-order valence-corrected chi connectivity index (χ4v) is 2.33. The first-order valence-electron chi connectivity index (χ1n) is 7.56. The summed E-state index contributed by atoms with van der Waals surface area (Å²) in [6.07, 6.45) is 1.09. The van der Waals surface area contributed by atoms with Crippen molar-refractivity contribution in [2.45, 2.75) is 20.3 Å². The number of amides is 1. The Bertz CT molecular complexity index is 651. The van der Waals surface area contributed by atoms with Crippen LogP contribution in [-0.2, 0) is 0 Å². The predicted octanol–water partition coefficient (Wildman–Crippen LogP) is 5.19. The number of halogens is 2. The third-order valence-electron chi connectivity index (χ3n) is 3.38. The van der Waals surface area contributed by atoms with Crippen molar-refractivity contribution < 1.29 is 9.18 Å². The van der Waals surface area contributed by atoms with Crippen LogP contribution in [0.1, 0.15) is 30.6 Å². The second-order valence-electron chi connectivity index (χ2n) is 5.74. The standard InChI is InChI=1S/C18H20ClFN2O/c1-12(2)10-11-21-13-6-8-14(9-7-13)22-18(23)17-15(19)4-3-5-16(17)20/h3-9,12,21H,10-11H2,1-2H3,(H,22,23). The van der Waals surface area contributed by atoms with E-state index in [9.17, 15) is 9.18 Å². The minimum atomic E-state index is -0.637. The Morgan fingerprint density at radius 2 is 1.78 bits per heavy atom. The number of carbonyl (C=O) groups is 1. The average molecular weight is 335 g/mol. The lowest BCUT2D eigenvalue weighted by Crippen LogP contribution is -2.14. The van der Waals surface area contributed by atoms with Gasteiger partial charge in [0.05, 0.1) is 10.6 Å². The van der Waals surface area contributed by atoms with Crippen LogP contribution >= 0.6 is 11.6 Å². The highest BCUT2D eigenvalue weighted by Crippen LogP contribution is 2.21. The lowest BCUT2D eigenvalue weighted by atomic mass is 10.1. The van der Waals surface area contributed by atoms with Gasteiger partial charge in [-0.15, -0.1) is 0 Å². The summed E-state index contributed by atoms with van der Waals surface area (Å²) < 4.78 is 13.7. The van der Waals surface area contributed by atoms with E-state index in [4.69, 9.17) is 11.6 Å². The van der Waals surface area contributed by atoms with Gasteiger partial charge in [-0.05, 0) is 48.7 Å². The molecule has 0 heterocycles. The van der Waals surface area contributed by atoms with Gasteiger partial charge in [0.25, 0.3) is 5.91 Å². The van der Waals surface area contributed by atoms with Crippen LogP contribution in [0.25, 0.3) is 0 Å². The molecule has 3 nitrogen and oxygen atoms in total. The zero-order chi connectivity index (χ0) is 16.8. The van der Waals surface area contributed by atoms with Crippen molar-refractivity contribution in [1.82, 2.24) is 0 Å². The second kappa shape index (κ2) is 7.97. The minimum absolute atomic E-state index is 0.0921. The van der Waals surface area contributed by atoms with E-state index < -0.39 is 11.7 Å². The van der Waals surface area contributed by atoms with Crippen LogP contribution in [0.5, 0.6) is 0 Å². The van der Waals surface area contributed by atoms with Crippen LogP contribution in [-0.4, -0.2) is 12.5 Å². The maximum atomic E-state index is 13.7. The number of nitrogens with one attached hydrogen (secondary N) is 2. The SMILES string of the molecule is CC(C)CCNc1ccc(NC(=O)c2c(F)cccc2Cl)cc1. The smallest absolute Gasteiger partial charge is 0.260 e. The molecule has 0 spiro atoms. The quantitative estimate of drug-likeness (QED) is 0.763. The largest absolute Gasteiger partial charge is 0.385 e. The van der Waals surface area contributed by atoms with E-state index >= 15 is 0 Å². The normalized spacial score (nSPS) is 10.7. The molecule has 0 saturated heterocycles. The Kier molecular flexibility index (Phi) is 5.99. The Morgan fingerprint density at radius 1 is 1.13 bits per heavy atom. The molecule has 0 aromatic heterocycles. The molecule has 122 valence electrons. The predicted molar refractivity (Wildman–Crippen MR) is 93.7 cm³/mol. The summed E-state index contributed by atoms with van der Waals surface area (Å²) in [6, 6.07) is 11.4. The first-order chi connectivity index (χ1) is 11.0. The van der Waals surface area contributed by atoms with E-state index in [1.54, 1.807) is 12.1 Å². The topological polar surface area (TPSA) is 41.1 Å². The van der Waals surface area contributed by atoms with Gasteiger partial charge in [0.15, 0.2) is 0 Å². The summed E-state index contributed by atoms with van der Waals surface area (Å²) in [5.41, 5.74) is 1.42. The van der Waals surface area contributed by atoms with Gasteiger partial charge in [-0.2, -0.15) is 0 Å². The van der Waals surface area contributed by atoms with Crippen LogP contribution in [0, 0.1) is 11.7 Å². The van der Waals surface area contributed by atoms with Crippen molar-refractivity contribution in [3.8, 4) is 0 Å². The van der Waals surface area contributed by atoms with Crippen LogP contribution < -0.4 is 10.6 Å². The van der Waals surface area contributed by atoms with Gasteiger partial charge in [-0.1, -0.05) is 31.5 Å². The first-order valence-corrected chi connectivity index (χ1v) is 7.94. The monoisotopic (exact) mass is 334 g/mol. The Balaban J connectivity index is 1.99. The highest BCUT2D eigenvalue weighted by atomic mass is 35.5. The van der Waals surface area contributed by atoms with Gasteiger partial charge in [-0.3, -0.25) is 4.79 Å². The Morgan fingerprint density at radius 3 is 2.39 bits per heavy atom. The van der Waals surface area contributed by atoms with Crippen molar-refractivity contribution in [3.63, 3.8) is 0 Å². The van der Waals surface area contributed by atoms with Gasteiger partial charge < -0.3 is 10.6 Å². The fraction of sp³-hybridized carbons (Fsp3) is 0.278. The summed E-state index contributed by atoms with van der Waals surface area (Å²) in [4.78, 5) is 12.1. The molecule has 5 heteroatoms. The number of rotatable bonds is 6. The molecule has 0 saturated carbocycles. The molecule has 0 aliphatic heterocycles. The van der Waals surface area contributed by atoms with Gasteiger partial charge in [0.1, 0.15) is 5.82 Å². The maximum absolute atomic E-state index is 13.7. The van der Waals surface area contributed by atoms with E-state index in [2.05, 4.69) is 24.5 Å². The van der Waals surface area contributed by atoms with Crippen LogP contribution in [0.2, 0.25) is 5.02 Å². The molecule has 0 aliphatic carbocycles. The molecule has 0 fully saturated rings. The summed E-state index contributed by atoms with van der Waals surface area (Å²) in [7, 11) is 0. The zero-order valence-electron chi connectivity index (χ0n) is 13.2. The lowest BCUT2D eigenvalue weighted by molar-refractivity contribution is 0.102. The number of carbonyl (C=O) groups excluding carboxylic acids is 1. The van der Waals surface area contributed by atoms with Crippen molar-refractivity contribution in [1.29, 1.82) is 0 Å². The molecule has 0 aliphatic rings. The van der Waals surface area contributed by atoms with Crippen molar-refractivity contribution in [2.75, 3.05) is 17.2 Å². The number of hydrogen-bond donors (Lipinski definition) is 2. The minimum Gasteiger partial charge on any atom is -0.385 e. The van der Waals surface area contributed by atoms with E-state index in [0.29, 0.717) is 11.6 Å². The average Bonchev–Trinajstić information content (AvgIpc) is 2.48. The highest BCUT2D eigenvalue weighted by molar-refractivity contribution is 6.34. The van der Waals surface area contributed by atoms with Crippen LogP contribution in [0.3, 0.4) is 0 Å². The van der Waals surface area contributed by atoms with E-state index in [1.165, 1.54) is 18.2 Å². The molecule has 2 aromatic rings. The van der Waals surface area contributed by atoms with Crippen molar-refractivity contribution in [2.24, 2.45) is 5.92 Å². The summed E-state index contributed by atoms with van der Waals surface area (Å²) in [5, 5.41) is 6.05. The number of benzene rings is 2. The Labute approximate surface area is 140 Å².